The van der Waals surface area contributed by atoms with Crippen LogP contribution in [-0.2, 0) is 19.0 Å². The quantitative estimate of drug-likeness (QED) is 0.134. The van der Waals surface area contributed by atoms with Crippen molar-refractivity contribution < 1.29 is 19.0 Å². The molecule has 4 nitrogen and oxygen atoms in total. The first-order valence-electron chi connectivity index (χ1n) is 15.9. The molecule has 0 amide bonds. The summed E-state index contributed by atoms with van der Waals surface area (Å²) in [5, 5.41) is 0. The maximum absolute atomic E-state index is 12.6. The van der Waals surface area contributed by atoms with Crippen LogP contribution in [0.2, 0.25) is 0 Å². The zero-order chi connectivity index (χ0) is 26.0. The van der Waals surface area contributed by atoms with Crippen molar-refractivity contribution in [2.24, 2.45) is 40.4 Å². The highest BCUT2D eigenvalue weighted by molar-refractivity contribution is 5.69. The van der Waals surface area contributed by atoms with Crippen molar-refractivity contribution in [3.8, 4) is 0 Å². The summed E-state index contributed by atoms with van der Waals surface area (Å²) in [4.78, 5) is 12.6. The minimum Gasteiger partial charge on any atom is -0.462 e. The summed E-state index contributed by atoms with van der Waals surface area (Å²) in [6.45, 7) is 10.8. The predicted molar refractivity (Wildman–Crippen MR) is 148 cm³/mol. The number of rotatable bonds is 9. The fourth-order valence-corrected chi connectivity index (χ4v) is 9.95. The van der Waals surface area contributed by atoms with E-state index in [0.717, 1.165) is 56.0 Å². The van der Waals surface area contributed by atoms with E-state index in [1.807, 2.05) is 6.92 Å². The van der Waals surface area contributed by atoms with E-state index in [1.165, 1.54) is 64.2 Å². The third-order valence-electron chi connectivity index (χ3n) is 12.1. The number of carbonyl (C=O) groups is 1. The zero-order valence-corrected chi connectivity index (χ0v) is 24.3. The lowest BCUT2D eigenvalue weighted by Gasteiger charge is -2.58. The van der Waals surface area contributed by atoms with Gasteiger partial charge in [0.25, 0.3) is 0 Å². The Balaban J connectivity index is 1.18. The van der Waals surface area contributed by atoms with Crippen LogP contribution < -0.4 is 0 Å². The highest BCUT2D eigenvalue weighted by Gasteiger charge is 2.59. The van der Waals surface area contributed by atoms with Gasteiger partial charge in [0.15, 0.2) is 0 Å². The van der Waals surface area contributed by atoms with Crippen molar-refractivity contribution >= 4 is 5.97 Å². The fourth-order valence-electron chi connectivity index (χ4n) is 9.95. The molecule has 0 aliphatic heterocycles. The van der Waals surface area contributed by atoms with Crippen molar-refractivity contribution in [1.29, 1.82) is 0 Å². The monoisotopic (exact) mass is 514 g/mol. The lowest BCUT2D eigenvalue weighted by atomic mass is 9.47. The minimum atomic E-state index is 0.0564. The van der Waals surface area contributed by atoms with Crippen molar-refractivity contribution in [2.45, 2.75) is 136 Å². The summed E-state index contributed by atoms with van der Waals surface area (Å²) < 4.78 is 17.4. The predicted octanol–water partition coefficient (Wildman–Crippen LogP) is 8.24. The number of fused-ring (bicyclic) bond motifs is 5. The highest BCUT2D eigenvalue weighted by Crippen LogP contribution is 2.67. The van der Waals surface area contributed by atoms with Crippen molar-refractivity contribution in [1.82, 2.24) is 0 Å². The van der Waals surface area contributed by atoms with Gasteiger partial charge in [-0.1, -0.05) is 38.8 Å². The van der Waals surface area contributed by atoms with E-state index in [9.17, 15) is 4.79 Å². The molecule has 0 N–H and O–H groups in total. The van der Waals surface area contributed by atoms with Gasteiger partial charge >= 0.3 is 5.97 Å². The average molecular weight is 515 g/mol. The van der Waals surface area contributed by atoms with Crippen molar-refractivity contribution in [3.05, 3.63) is 11.6 Å². The van der Waals surface area contributed by atoms with Gasteiger partial charge in [-0.2, -0.15) is 0 Å². The molecule has 0 spiro atoms. The van der Waals surface area contributed by atoms with Crippen LogP contribution in [0.1, 0.15) is 124 Å². The Morgan fingerprint density at radius 1 is 1.00 bits per heavy atom. The first kappa shape index (κ1) is 27.7. The summed E-state index contributed by atoms with van der Waals surface area (Å²) in [7, 11) is 0. The molecule has 8 atom stereocenters. The average Bonchev–Trinajstić information content (AvgIpc) is 3.25. The molecule has 5 aliphatic carbocycles. The summed E-state index contributed by atoms with van der Waals surface area (Å²) in [6.07, 6.45) is 20.9. The molecule has 4 fully saturated rings. The molecule has 4 saturated carbocycles. The van der Waals surface area contributed by atoms with Crippen LogP contribution in [0.25, 0.3) is 0 Å². The number of allylic oxidation sites excluding steroid dienone is 1. The number of esters is 1. The van der Waals surface area contributed by atoms with E-state index in [0.29, 0.717) is 36.1 Å². The van der Waals surface area contributed by atoms with Gasteiger partial charge in [0.1, 0.15) is 12.9 Å². The van der Waals surface area contributed by atoms with E-state index in [2.05, 4.69) is 26.8 Å². The molecule has 0 heterocycles. The number of hydrogen-bond donors (Lipinski definition) is 0. The SMILES string of the molecule is CCOCO[C@H]1CC[C@@]2(C)C(=CC[C@H]3[C@@H]4CC[C@H]([C@H](C)CCC(=O)OC5CCCCC5)[C@@]4(C)CC[C@@H]32)C1. The maximum Gasteiger partial charge on any atom is 0.306 e. The van der Waals surface area contributed by atoms with Crippen molar-refractivity contribution in [3.63, 3.8) is 0 Å². The molecule has 4 heteroatoms. The number of ether oxygens (including phenoxy) is 3. The number of hydrogen-bond acceptors (Lipinski definition) is 4. The van der Waals surface area contributed by atoms with Crippen LogP contribution in [-0.4, -0.2) is 31.6 Å². The third kappa shape index (κ3) is 5.58. The molecular weight excluding hydrogens is 460 g/mol. The Morgan fingerprint density at radius 2 is 1.81 bits per heavy atom. The Hall–Kier alpha value is -0.870. The van der Waals surface area contributed by atoms with Gasteiger partial charge < -0.3 is 14.2 Å². The van der Waals surface area contributed by atoms with E-state index >= 15 is 0 Å². The van der Waals surface area contributed by atoms with Gasteiger partial charge in [0.05, 0.1) is 6.10 Å². The zero-order valence-electron chi connectivity index (χ0n) is 24.3. The molecule has 210 valence electrons. The van der Waals surface area contributed by atoms with E-state index in [1.54, 1.807) is 5.57 Å². The molecule has 0 aromatic carbocycles. The van der Waals surface area contributed by atoms with Gasteiger partial charge in [-0.25, -0.2) is 0 Å². The molecular formula is C33H54O4. The van der Waals surface area contributed by atoms with E-state index in [4.69, 9.17) is 14.2 Å². The van der Waals surface area contributed by atoms with Crippen LogP contribution >= 0.6 is 0 Å². The Labute approximate surface area is 226 Å². The molecule has 0 unspecified atom stereocenters. The Kier molecular flexibility index (Phi) is 8.76. The highest BCUT2D eigenvalue weighted by atomic mass is 16.7. The smallest absolute Gasteiger partial charge is 0.306 e. The summed E-state index contributed by atoms with van der Waals surface area (Å²) >= 11 is 0. The lowest BCUT2D eigenvalue weighted by molar-refractivity contribution is -0.151. The summed E-state index contributed by atoms with van der Waals surface area (Å²) in [5.41, 5.74) is 2.49. The summed E-state index contributed by atoms with van der Waals surface area (Å²) in [6, 6.07) is 0. The van der Waals surface area contributed by atoms with Gasteiger partial charge in [-0.3, -0.25) is 4.79 Å². The van der Waals surface area contributed by atoms with E-state index < -0.39 is 0 Å². The van der Waals surface area contributed by atoms with Gasteiger partial charge in [-0.15, -0.1) is 0 Å². The first-order chi connectivity index (χ1) is 17.8. The summed E-state index contributed by atoms with van der Waals surface area (Å²) in [5.74, 6) is 3.92. The lowest BCUT2D eigenvalue weighted by Crippen LogP contribution is -2.51. The van der Waals surface area contributed by atoms with Crippen LogP contribution in [0, 0.1) is 40.4 Å². The number of carbonyl (C=O) groups excluding carboxylic acids is 1. The molecule has 0 radical (unpaired) electrons. The Bertz CT molecular complexity index is 815. The van der Waals surface area contributed by atoms with Crippen LogP contribution in [0.5, 0.6) is 0 Å². The van der Waals surface area contributed by atoms with Crippen molar-refractivity contribution in [2.75, 3.05) is 13.4 Å². The topological polar surface area (TPSA) is 44.8 Å². The fraction of sp³-hybridized carbons (Fsp3) is 0.909. The minimum absolute atomic E-state index is 0.0564. The first-order valence-corrected chi connectivity index (χ1v) is 15.9. The second-order valence-electron chi connectivity index (χ2n) is 13.9. The molecule has 5 rings (SSSR count). The van der Waals surface area contributed by atoms with Gasteiger partial charge in [0, 0.05) is 13.0 Å². The molecule has 5 aliphatic rings. The van der Waals surface area contributed by atoms with Crippen LogP contribution in [0.3, 0.4) is 0 Å². The second kappa shape index (κ2) is 11.7. The van der Waals surface area contributed by atoms with Gasteiger partial charge in [0.2, 0.25) is 0 Å². The van der Waals surface area contributed by atoms with Crippen LogP contribution in [0.4, 0.5) is 0 Å². The van der Waals surface area contributed by atoms with E-state index in [-0.39, 0.29) is 12.1 Å². The normalized spacial score (nSPS) is 40.8. The molecule has 0 aromatic rings. The molecule has 37 heavy (non-hydrogen) atoms. The molecule has 0 saturated heterocycles. The molecule has 0 aromatic heterocycles. The second-order valence-corrected chi connectivity index (χ2v) is 13.9. The Morgan fingerprint density at radius 3 is 2.59 bits per heavy atom. The van der Waals surface area contributed by atoms with Gasteiger partial charge in [-0.05, 0) is 131 Å². The third-order valence-corrected chi connectivity index (χ3v) is 12.1. The maximum atomic E-state index is 12.6. The van der Waals surface area contributed by atoms with Crippen LogP contribution in [0.15, 0.2) is 11.6 Å². The standard InChI is InChI=1S/C33H54O4/c1-5-35-22-36-26-17-19-32(3)24(21-26)12-13-27-29-15-14-28(33(29,4)20-18-30(27)32)23(2)11-16-31(34)37-25-9-7-6-8-10-25/h12,23,25-30H,5-11,13-22H2,1-4H3/t23-,26+,27+,28-,29+,30+,32+,33-/m1/s1. The molecule has 0 bridgehead atoms. The largest absolute Gasteiger partial charge is 0.462 e.